The first kappa shape index (κ1) is 24.7. The molecule has 158 valence electrons. The first-order chi connectivity index (χ1) is 13.1. The molecule has 28 heavy (non-hydrogen) atoms. The molecule has 0 spiro atoms. The van der Waals surface area contributed by atoms with Gasteiger partial charge in [0.25, 0.3) is 5.91 Å². The molecule has 2 N–H and O–H groups in total. The second-order valence-electron chi connectivity index (χ2n) is 7.24. The Bertz CT molecular complexity index is 615. The molecule has 0 aromatic heterocycles. The van der Waals surface area contributed by atoms with Crippen LogP contribution in [0.15, 0.2) is 29.3 Å². The fraction of sp³-hybridized carbons (Fsp3) is 0.619. The molecule has 1 aromatic carbocycles. The highest BCUT2D eigenvalue weighted by atomic mass is 127. The van der Waals surface area contributed by atoms with E-state index in [1.54, 1.807) is 19.0 Å². The van der Waals surface area contributed by atoms with Crippen LogP contribution in [0.5, 0.6) is 0 Å². The van der Waals surface area contributed by atoms with Crippen LogP contribution >= 0.6 is 24.0 Å². The number of hydrogen-bond acceptors (Lipinski definition) is 3. The molecule has 1 saturated heterocycles. The van der Waals surface area contributed by atoms with E-state index in [0.717, 1.165) is 49.7 Å². The van der Waals surface area contributed by atoms with Crippen molar-refractivity contribution in [2.45, 2.75) is 32.6 Å². The molecule has 0 radical (unpaired) electrons. The molecule has 0 atom stereocenters. The number of rotatable bonds is 8. The first-order valence-electron chi connectivity index (χ1n) is 10.1. The molecule has 7 heteroatoms. The summed E-state index contributed by atoms with van der Waals surface area (Å²) >= 11 is 0. The van der Waals surface area contributed by atoms with Crippen LogP contribution < -0.4 is 10.6 Å². The third-order valence-corrected chi connectivity index (χ3v) is 4.77. The largest absolute Gasteiger partial charge is 0.357 e. The fourth-order valence-corrected chi connectivity index (χ4v) is 3.27. The van der Waals surface area contributed by atoms with E-state index < -0.39 is 0 Å². The molecular formula is C21H36IN5O. The Morgan fingerprint density at radius 2 is 1.93 bits per heavy atom. The van der Waals surface area contributed by atoms with Gasteiger partial charge in [-0.15, -0.1) is 24.0 Å². The summed E-state index contributed by atoms with van der Waals surface area (Å²) in [4.78, 5) is 20.9. The summed E-state index contributed by atoms with van der Waals surface area (Å²) in [6.45, 7) is 7.99. The maximum absolute atomic E-state index is 12.1. The summed E-state index contributed by atoms with van der Waals surface area (Å²) in [6.07, 6.45) is 4.85. The molecule has 1 amide bonds. The van der Waals surface area contributed by atoms with Gasteiger partial charge in [0, 0.05) is 39.3 Å². The zero-order valence-electron chi connectivity index (χ0n) is 17.5. The van der Waals surface area contributed by atoms with E-state index in [9.17, 15) is 4.79 Å². The van der Waals surface area contributed by atoms with Crippen LogP contribution in [0, 0.1) is 0 Å². The van der Waals surface area contributed by atoms with Crippen molar-refractivity contribution >= 4 is 35.8 Å². The van der Waals surface area contributed by atoms with Crippen molar-refractivity contribution in [2.75, 3.05) is 53.4 Å². The van der Waals surface area contributed by atoms with Gasteiger partial charge in [-0.25, -0.2) is 0 Å². The number of guanidine groups is 1. The topological polar surface area (TPSA) is 60.0 Å². The molecular weight excluding hydrogens is 465 g/mol. The van der Waals surface area contributed by atoms with Crippen molar-refractivity contribution < 1.29 is 4.79 Å². The number of aliphatic imine (C=N–C) groups is 1. The maximum atomic E-state index is 12.1. The van der Waals surface area contributed by atoms with Gasteiger partial charge < -0.3 is 20.4 Å². The summed E-state index contributed by atoms with van der Waals surface area (Å²) in [5, 5.41) is 6.71. The van der Waals surface area contributed by atoms with Gasteiger partial charge in [-0.1, -0.05) is 18.6 Å². The Labute approximate surface area is 187 Å². The van der Waals surface area contributed by atoms with Crippen LogP contribution in [0.1, 0.15) is 42.1 Å². The SMILES string of the molecule is CCNC(=NCCN1CCCCC1)NCCc1cccc(C(=O)N(C)C)c1.I. The van der Waals surface area contributed by atoms with Crippen LogP contribution in [0.2, 0.25) is 0 Å². The van der Waals surface area contributed by atoms with Gasteiger partial charge in [-0.2, -0.15) is 0 Å². The standard InChI is InChI=1S/C21H35N5O.HI/c1-4-22-21(24-13-16-26-14-6-5-7-15-26)23-12-11-18-9-8-10-19(17-18)20(27)25(2)3;/h8-10,17H,4-7,11-16H2,1-3H3,(H2,22,23,24);1H. The Morgan fingerprint density at radius 1 is 1.18 bits per heavy atom. The van der Waals surface area contributed by atoms with Crippen LogP contribution in [-0.4, -0.2) is 75.0 Å². The highest BCUT2D eigenvalue weighted by Crippen LogP contribution is 2.08. The number of benzene rings is 1. The van der Waals surface area contributed by atoms with E-state index in [-0.39, 0.29) is 29.9 Å². The summed E-state index contributed by atoms with van der Waals surface area (Å²) in [6, 6.07) is 7.86. The lowest BCUT2D eigenvalue weighted by Gasteiger charge is -2.25. The second-order valence-corrected chi connectivity index (χ2v) is 7.24. The van der Waals surface area contributed by atoms with Gasteiger partial charge in [0.1, 0.15) is 0 Å². The lowest BCUT2D eigenvalue weighted by molar-refractivity contribution is 0.0827. The first-order valence-corrected chi connectivity index (χ1v) is 10.1. The van der Waals surface area contributed by atoms with E-state index in [1.165, 1.54) is 32.4 Å². The van der Waals surface area contributed by atoms with E-state index in [4.69, 9.17) is 4.99 Å². The quantitative estimate of drug-likeness (QED) is 0.327. The van der Waals surface area contributed by atoms with E-state index in [1.807, 2.05) is 18.2 Å². The molecule has 0 saturated carbocycles. The molecule has 1 aliphatic rings. The Hall–Kier alpha value is -1.35. The van der Waals surface area contributed by atoms with Crippen LogP contribution in [0.3, 0.4) is 0 Å². The van der Waals surface area contributed by atoms with Gasteiger partial charge in [-0.3, -0.25) is 9.79 Å². The predicted molar refractivity (Wildman–Crippen MR) is 128 cm³/mol. The molecule has 2 rings (SSSR count). The average Bonchev–Trinajstić information content (AvgIpc) is 2.68. The van der Waals surface area contributed by atoms with Gasteiger partial charge in [0.15, 0.2) is 5.96 Å². The highest BCUT2D eigenvalue weighted by molar-refractivity contribution is 14.0. The molecule has 6 nitrogen and oxygen atoms in total. The summed E-state index contributed by atoms with van der Waals surface area (Å²) in [5.41, 5.74) is 1.89. The molecule has 0 unspecified atom stereocenters. The van der Waals surface area contributed by atoms with Crippen LogP contribution in [-0.2, 0) is 6.42 Å². The second kappa shape index (κ2) is 13.8. The van der Waals surface area contributed by atoms with Crippen molar-refractivity contribution in [3.63, 3.8) is 0 Å². The number of likely N-dealkylation sites (tertiary alicyclic amines) is 1. The molecule has 1 aromatic rings. The fourth-order valence-electron chi connectivity index (χ4n) is 3.27. The number of halogens is 1. The zero-order chi connectivity index (χ0) is 19.5. The smallest absolute Gasteiger partial charge is 0.253 e. The molecule has 1 heterocycles. The minimum absolute atomic E-state index is 0. The van der Waals surface area contributed by atoms with Gasteiger partial charge in [-0.05, 0) is 57.0 Å². The molecule has 1 aliphatic heterocycles. The number of carbonyl (C=O) groups is 1. The average molecular weight is 501 g/mol. The lowest BCUT2D eigenvalue weighted by atomic mass is 10.1. The molecule has 1 fully saturated rings. The highest BCUT2D eigenvalue weighted by Gasteiger charge is 2.10. The monoisotopic (exact) mass is 501 g/mol. The van der Waals surface area contributed by atoms with E-state index >= 15 is 0 Å². The minimum atomic E-state index is 0. The number of nitrogens with zero attached hydrogens (tertiary/aromatic N) is 3. The number of amides is 1. The molecule has 0 aliphatic carbocycles. The van der Waals surface area contributed by atoms with E-state index in [2.05, 4.69) is 28.5 Å². The molecule has 0 bridgehead atoms. The van der Waals surface area contributed by atoms with Crippen molar-refractivity contribution in [3.8, 4) is 0 Å². The number of nitrogens with one attached hydrogen (secondary N) is 2. The normalized spacial score (nSPS) is 14.9. The number of carbonyl (C=O) groups excluding carboxylic acids is 1. The van der Waals surface area contributed by atoms with Gasteiger partial charge in [0.2, 0.25) is 0 Å². The van der Waals surface area contributed by atoms with E-state index in [0.29, 0.717) is 0 Å². The van der Waals surface area contributed by atoms with Crippen molar-refractivity contribution in [3.05, 3.63) is 35.4 Å². The Morgan fingerprint density at radius 3 is 2.61 bits per heavy atom. The number of hydrogen-bond donors (Lipinski definition) is 2. The summed E-state index contributed by atoms with van der Waals surface area (Å²) in [7, 11) is 3.55. The maximum Gasteiger partial charge on any atom is 0.253 e. The summed E-state index contributed by atoms with van der Waals surface area (Å²) in [5.74, 6) is 0.910. The lowest BCUT2D eigenvalue weighted by Crippen LogP contribution is -2.39. The van der Waals surface area contributed by atoms with Crippen LogP contribution in [0.25, 0.3) is 0 Å². The Kier molecular flexibility index (Phi) is 12.1. The Balaban J connectivity index is 0.00000392. The minimum Gasteiger partial charge on any atom is -0.357 e. The number of piperidine rings is 1. The third kappa shape index (κ3) is 8.77. The predicted octanol–water partition coefficient (Wildman–Crippen LogP) is 2.59. The summed E-state index contributed by atoms with van der Waals surface area (Å²) < 4.78 is 0. The van der Waals surface area contributed by atoms with Crippen molar-refractivity contribution in [1.29, 1.82) is 0 Å². The third-order valence-electron chi connectivity index (χ3n) is 4.77. The van der Waals surface area contributed by atoms with Gasteiger partial charge in [0.05, 0.1) is 6.54 Å². The van der Waals surface area contributed by atoms with Gasteiger partial charge >= 0.3 is 0 Å². The zero-order valence-corrected chi connectivity index (χ0v) is 19.9. The van der Waals surface area contributed by atoms with Crippen LogP contribution in [0.4, 0.5) is 0 Å². The van der Waals surface area contributed by atoms with Crippen molar-refractivity contribution in [1.82, 2.24) is 20.4 Å². The van der Waals surface area contributed by atoms with Crippen molar-refractivity contribution in [2.24, 2.45) is 4.99 Å².